The van der Waals surface area contributed by atoms with Crippen LogP contribution in [0.3, 0.4) is 0 Å². The van der Waals surface area contributed by atoms with Gasteiger partial charge in [-0.1, -0.05) is 29.0 Å². The SMILES string of the molecule is CCOC(=O)c1nnc(SCCOc2cccc(C)c2)o1. The highest BCUT2D eigenvalue weighted by Crippen LogP contribution is 2.17. The fourth-order valence-corrected chi connectivity index (χ4v) is 2.11. The lowest BCUT2D eigenvalue weighted by atomic mass is 10.2. The van der Waals surface area contributed by atoms with Gasteiger partial charge in [-0.3, -0.25) is 0 Å². The number of ether oxygens (including phenoxy) is 2. The molecule has 0 saturated heterocycles. The van der Waals surface area contributed by atoms with E-state index in [1.807, 2.05) is 31.2 Å². The second kappa shape index (κ2) is 7.68. The van der Waals surface area contributed by atoms with Crippen LogP contribution in [0.25, 0.3) is 0 Å². The van der Waals surface area contributed by atoms with Gasteiger partial charge in [0, 0.05) is 5.75 Å². The zero-order valence-corrected chi connectivity index (χ0v) is 12.7. The number of hydrogen-bond acceptors (Lipinski definition) is 7. The summed E-state index contributed by atoms with van der Waals surface area (Å²) in [7, 11) is 0. The Labute approximate surface area is 126 Å². The van der Waals surface area contributed by atoms with Crippen LogP contribution in [0.5, 0.6) is 5.75 Å². The minimum Gasteiger partial charge on any atom is -0.493 e. The molecule has 2 aromatic rings. The molecule has 0 bridgehead atoms. The van der Waals surface area contributed by atoms with Crippen LogP contribution in [0.2, 0.25) is 0 Å². The van der Waals surface area contributed by atoms with E-state index in [9.17, 15) is 4.79 Å². The summed E-state index contributed by atoms with van der Waals surface area (Å²) in [6.07, 6.45) is 0. The molecule has 2 rings (SSSR count). The normalized spacial score (nSPS) is 10.4. The number of carbonyl (C=O) groups excluding carboxylic acids is 1. The van der Waals surface area contributed by atoms with Crippen molar-refractivity contribution in [1.29, 1.82) is 0 Å². The molecule has 0 atom stereocenters. The minimum atomic E-state index is -0.604. The average Bonchev–Trinajstić information content (AvgIpc) is 2.93. The van der Waals surface area contributed by atoms with Crippen LogP contribution >= 0.6 is 11.8 Å². The third kappa shape index (κ3) is 4.78. The van der Waals surface area contributed by atoms with Gasteiger partial charge in [0.2, 0.25) is 0 Å². The van der Waals surface area contributed by atoms with E-state index in [0.29, 0.717) is 17.6 Å². The molecule has 7 heteroatoms. The average molecular weight is 308 g/mol. The Balaban J connectivity index is 1.75. The molecule has 1 aromatic heterocycles. The molecule has 0 N–H and O–H groups in total. The second-order valence-corrected chi connectivity index (χ2v) is 5.15. The molecular formula is C14H16N2O4S. The van der Waals surface area contributed by atoms with Crippen molar-refractivity contribution < 1.29 is 18.7 Å². The van der Waals surface area contributed by atoms with E-state index in [1.54, 1.807) is 6.92 Å². The quantitative estimate of drug-likeness (QED) is 0.442. The molecule has 0 aliphatic rings. The predicted octanol–water partition coefficient (Wildman–Crippen LogP) is 2.73. The van der Waals surface area contributed by atoms with Crippen molar-refractivity contribution in [3.05, 3.63) is 35.7 Å². The number of aryl methyl sites for hydroxylation is 1. The third-order valence-corrected chi connectivity index (χ3v) is 3.21. The van der Waals surface area contributed by atoms with Gasteiger partial charge in [0.15, 0.2) is 0 Å². The predicted molar refractivity (Wildman–Crippen MR) is 77.7 cm³/mol. The molecule has 0 unspecified atom stereocenters. The van der Waals surface area contributed by atoms with Crippen LogP contribution in [-0.2, 0) is 4.74 Å². The molecule has 0 spiro atoms. The smallest absolute Gasteiger partial charge is 0.396 e. The molecule has 1 aromatic carbocycles. The van der Waals surface area contributed by atoms with Crippen molar-refractivity contribution in [2.24, 2.45) is 0 Å². The molecule has 6 nitrogen and oxygen atoms in total. The Bertz CT molecular complexity index is 600. The first-order chi connectivity index (χ1) is 10.2. The molecular weight excluding hydrogens is 292 g/mol. The van der Waals surface area contributed by atoms with Crippen LogP contribution in [0, 0.1) is 6.92 Å². The zero-order valence-electron chi connectivity index (χ0n) is 11.9. The molecule has 21 heavy (non-hydrogen) atoms. The molecule has 0 radical (unpaired) electrons. The second-order valence-electron chi connectivity index (χ2n) is 4.11. The summed E-state index contributed by atoms with van der Waals surface area (Å²) in [5.74, 6) is 0.735. The maximum Gasteiger partial charge on any atom is 0.396 e. The van der Waals surface area contributed by atoms with Crippen LogP contribution < -0.4 is 4.74 Å². The lowest BCUT2D eigenvalue weighted by Gasteiger charge is -2.05. The van der Waals surface area contributed by atoms with Gasteiger partial charge >= 0.3 is 11.9 Å². The fraction of sp³-hybridized carbons (Fsp3) is 0.357. The summed E-state index contributed by atoms with van der Waals surface area (Å²) in [5.41, 5.74) is 1.15. The van der Waals surface area contributed by atoms with Crippen molar-refractivity contribution in [3.8, 4) is 5.75 Å². The van der Waals surface area contributed by atoms with Gasteiger partial charge in [-0.25, -0.2) is 4.79 Å². The van der Waals surface area contributed by atoms with E-state index in [-0.39, 0.29) is 12.5 Å². The van der Waals surface area contributed by atoms with Gasteiger partial charge in [-0.15, -0.1) is 5.10 Å². The van der Waals surface area contributed by atoms with Crippen LogP contribution in [-0.4, -0.2) is 35.1 Å². The van der Waals surface area contributed by atoms with Gasteiger partial charge in [0.1, 0.15) is 5.75 Å². The molecule has 0 saturated carbocycles. The Morgan fingerprint density at radius 1 is 1.38 bits per heavy atom. The summed E-state index contributed by atoms with van der Waals surface area (Å²) in [6, 6.07) is 7.83. The number of thioether (sulfide) groups is 1. The topological polar surface area (TPSA) is 74.5 Å². The van der Waals surface area contributed by atoms with E-state index in [2.05, 4.69) is 10.2 Å². The zero-order chi connectivity index (χ0) is 15.1. The maximum absolute atomic E-state index is 11.4. The van der Waals surface area contributed by atoms with Crippen LogP contribution in [0.4, 0.5) is 0 Å². The summed E-state index contributed by atoms with van der Waals surface area (Å²) < 4.78 is 15.5. The van der Waals surface area contributed by atoms with Gasteiger partial charge in [-0.2, -0.15) is 0 Å². The number of rotatable bonds is 7. The van der Waals surface area contributed by atoms with Gasteiger partial charge in [0.05, 0.1) is 13.2 Å². The maximum atomic E-state index is 11.4. The molecule has 0 aliphatic carbocycles. The first-order valence-corrected chi connectivity index (χ1v) is 7.50. The number of esters is 1. The van der Waals surface area contributed by atoms with Crippen molar-refractivity contribution in [2.75, 3.05) is 19.0 Å². The van der Waals surface area contributed by atoms with Crippen molar-refractivity contribution in [3.63, 3.8) is 0 Å². The molecule has 0 amide bonds. The standard InChI is InChI=1S/C14H16N2O4S/c1-3-18-13(17)12-15-16-14(20-12)21-8-7-19-11-6-4-5-10(2)9-11/h4-6,9H,3,7-8H2,1-2H3. The Morgan fingerprint density at radius 3 is 3.00 bits per heavy atom. The Kier molecular flexibility index (Phi) is 5.62. The number of carbonyl (C=O) groups is 1. The number of hydrogen-bond donors (Lipinski definition) is 0. The van der Waals surface area contributed by atoms with Gasteiger partial charge in [-0.05, 0) is 31.5 Å². The highest BCUT2D eigenvalue weighted by Gasteiger charge is 2.15. The number of benzene rings is 1. The van der Waals surface area contributed by atoms with E-state index in [1.165, 1.54) is 11.8 Å². The molecule has 112 valence electrons. The van der Waals surface area contributed by atoms with E-state index >= 15 is 0 Å². The third-order valence-electron chi connectivity index (χ3n) is 2.42. The first-order valence-electron chi connectivity index (χ1n) is 6.52. The number of nitrogens with zero attached hydrogens (tertiary/aromatic N) is 2. The largest absolute Gasteiger partial charge is 0.493 e. The number of aromatic nitrogens is 2. The van der Waals surface area contributed by atoms with E-state index in [0.717, 1.165) is 11.3 Å². The summed E-state index contributed by atoms with van der Waals surface area (Å²) >= 11 is 1.33. The first kappa shape index (κ1) is 15.4. The van der Waals surface area contributed by atoms with Crippen molar-refractivity contribution >= 4 is 17.7 Å². The van der Waals surface area contributed by atoms with E-state index in [4.69, 9.17) is 13.9 Å². The van der Waals surface area contributed by atoms with Gasteiger partial charge < -0.3 is 13.9 Å². The lowest BCUT2D eigenvalue weighted by molar-refractivity contribution is 0.0475. The highest BCUT2D eigenvalue weighted by molar-refractivity contribution is 7.99. The van der Waals surface area contributed by atoms with Crippen molar-refractivity contribution in [1.82, 2.24) is 10.2 Å². The molecule has 0 fully saturated rings. The summed E-state index contributed by atoms with van der Waals surface area (Å²) in [6.45, 7) is 4.50. The monoisotopic (exact) mass is 308 g/mol. The minimum absolute atomic E-state index is 0.126. The molecule has 0 aliphatic heterocycles. The van der Waals surface area contributed by atoms with Crippen molar-refractivity contribution in [2.45, 2.75) is 19.1 Å². The fourth-order valence-electron chi connectivity index (χ4n) is 1.54. The highest BCUT2D eigenvalue weighted by atomic mass is 32.2. The Hall–Kier alpha value is -2.02. The Morgan fingerprint density at radius 2 is 2.24 bits per heavy atom. The summed E-state index contributed by atoms with van der Waals surface area (Å²) in [4.78, 5) is 11.4. The van der Waals surface area contributed by atoms with Crippen LogP contribution in [0.1, 0.15) is 23.2 Å². The van der Waals surface area contributed by atoms with Crippen LogP contribution in [0.15, 0.2) is 33.9 Å². The van der Waals surface area contributed by atoms with Gasteiger partial charge in [0.25, 0.3) is 5.22 Å². The lowest BCUT2D eigenvalue weighted by Crippen LogP contribution is -2.04. The van der Waals surface area contributed by atoms with E-state index < -0.39 is 5.97 Å². The molecule has 1 heterocycles. The summed E-state index contributed by atoms with van der Waals surface area (Å²) in [5, 5.41) is 7.72.